The Morgan fingerprint density at radius 2 is 1.84 bits per heavy atom. The minimum atomic E-state index is -1.08. The summed E-state index contributed by atoms with van der Waals surface area (Å²) in [5, 5.41) is 24.6. The number of carboxylic acid groups (broad SMARTS) is 1. The molecule has 0 aromatic heterocycles. The van der Waals surface area contributed by atoms with Crippen LogP contribution in [0.2, 0.25) is 0 Å². The van der Waals surface area contributed by atoms with Crippen molar-refractivity contribution < 1.29 is 29.3 Å². The summed E-state index contributed by atoms with van der Waals surface area (Å²) in [7, 11) is 0. The van der Waals surface area contributed by atoms with Crippen LogP contribution in [0.4, 0.5) is 4.79 Å². The van der Waals surface area contributed by atoms with Gasteiger partial charge in [0.15, 0.2) is 6.61 Å². The van der Waals surface area contributed by atoms with Crippen molar-refractivity contribution >= 4 is 17.9 Å². The number of rotatable bonds is 7. The molecule has 0 aliphatic carbocycles. The molecule has 0 spiro atoms. The van der Waals surface area contributed by atoms with Gasteiger partial charge in [-0.2, -0.15) is 0 Å². The third kappa shape index (κ3) is 21.2. The standard InChI is InChI=1S/C11H13NO4.C4H10N2O.C4H9NO.C2H2/c1-8-2-4-9(5-3-8)16-7-10(13)12-6-11(14)15;1-2-3-6-4(5)7;6-4-1-2-5-3-4;1-2/h2-5H,6-7H2,1H3,(H,12,13)(H,14,15);2-3H2,1H3,(H3,5,6,7);4-6H,1-3H2;1-2H/t;;4-;/m..1./s1. The first-order chi connectivity index (χ1) is 14.7. The number of amides is 3. The first-order valence-electron chi connectivity index (χ1n) is 9.68. The Hall–Kier alpha value is -3.29. The quantitative estimate of drug-likeness (QED) is 0.332. The molecular formula is C21H34N4O6. The van der Waals surface area contributed by atoms with Gasteiger partial charge < -0.3 is 36.6 Å². The number of hydrogen-bond donors (Lipinski definition) is 6. The number of carboxylic acids is 1. The Morgan fingerprint density at radius 3 is 2.19 bits per heavy atom. The monoisotopic (exact) mass is 438 g/mol. The van der Waals surface area contributed by atoms with Crippen LogP contribution in [-0.2, 0) is 9.59 Å². The minimum absolute atomic E-state index is 0.0648. The van der Waals surface area contributed by atoms with Crippen molar-refractivity contribution in [1.29, 1.82) is 0 Å². The van der Waals surface area contributed by atoms with Crippen LogP contribution in [-0.4, -0.2) is 67.0 Å². The van der Waals surface area contributed by atoms with Crippen LogP contribution >= 0.6 is 0 Å². The van der Waals surface area contributed by atoms with Crippen molar-refractivity contribution in [3.63, 3.8) is 0 Å². The van der Waals surface area contributed by atoms with E-state index in [0.717, 1.165) is 31.5 Å². The van der Waals surface area contributed by atoms with Gasteiger partial charge in [-0.3, -0.25) is 9.59 Å². The fraction of sp³-hybridized carbons (Fsp3) is 0.476. The maximum atomic E-state index is 11.1. The van der Waals surface area contributed by atoms with Crippen molar-refractivity contribution in [2.24, 2.45) is 5.73 Å². The molecule has 1 saturated heterocycles. The summed E-state index contributed by atoms with van der Waals surface area (Å²) in [6.07, 6.45) is 9.80. The van der Waals surface area contributed by atoms with Crippen LogP contribution in [0, 0.1) is 19.8 Å². The number of aliphatic hydroxyl groups excluding tert-OH is 1. The van der Waals surface area contributed by atoms with Gasteiger partial charge in [0, 0.05) is 13.1 Å². The van der Waals surface area contributed by atoms with E-state index in [1.165, 1.54) is 0 Å². The average molecular weight is 439 g/mol. The summed E-state index contributed by atoms with van der Waals surface area (Å²) in [6, 6.07) is 6.79. The van der Waals surface area contributed by atoms with Crippen LogP contribution in [0.5, 0.6) is 5.75 Å². The SMILES string of the molecule is C#C.CCCNC(N)=O.Cc1ccc(OCC(=O)NCC(=O)O)cc1.O[C@@H]1CCNC1. The molecule has 7 N–H and O–H groups in total. The summed E-state index contributed by atoms with van der Waals surface area (Å²) >= 11 is 0. The predicted octanol–water partition coefficient (Wildman–Crippen LogP) is 0.229. The number of β-amino-alcohol motifs (C(OH)–C–C–N with tert-alkyl or cyclic N) is 1. The number of carbonyl (C=O) groups is 3. The van der Waals surface area contributed by atoms with Gasteiger partial charge in [0.2, 0.25) is 0 Å². The maximum absolute atomic E-state index is 11.1. The number of aryl methyl sites for hydroxylation is 1. The first kappa shape index (κ1) is 29.9. The number of benzene rings is 1. The zero-order chi connectivity index (χ0) is 24.1. The number of primary amides is 1. The molecule has 10 nitrogen and oxygen atoms in total. The van der Waals surface area contributed by atoms with Crippen molar-refractivity contribution in [3.05, 3.63) is 29.8 Å². The molecule has 10 heteroatoms. The molecule has 1 aromatic rings. The van der Waals surface area contributed by atoms with Crippen LogP contribution in [0.3, 0.4) is 0 Å². The van der Waals surface area contributed by atoms with E-state index in [9.17, 15) is 14.4 Å². The Morgan fingerprint density at radius 1 is 1.23 bits per heavy atom. The Balaban J connectivity index is 0. The smallest absolute Gasteiger partial charge is 0.322 e. The lowest BCUT2D eigenvalue weighted by atomic mass is 10.2. The van der Waals surface area contributed by atoms with E-state index in [0.29, 0.717) is 12.3 Å². The largest absolute Gasteiger partial charge is 0.484 e. The van der Waals surface area contributed by atoms with Gasteiger partial charge in [-0.05, 0) is 38.4 Å². The number of ether oxygens (including phenoxy) is 1. The molecule has 0 unspecified atom stereocenters. The molecule has 1 aromatic carbocycles. The number of carbonyl (C=O) groups excluding carboxylic acids is 2. The molecule has 174 valence electrons. The number of nitrogens with one attached hydrogen (secondary N) is 3. The molecule has 2 rings (SSSR count). The van der Waals surface area contributed by atoms with E-state index in [1.807, 2.05) is 26.0 Å². The second-order valence-electron chi connectivity index (χ2n) is 6.21. The second-order valence-corrected chi connectivity index (χ2v) is 6.21. The number of nitrogens with two attached hydrogens (primary N) is 1. The molecular weight excluding hydrogens is 404 g/mol. The third-order valence-corrected chi connectivity index (χ3v) is 3.41. The summed E-state index contributed by atoms with van der Waals surface area (Å²) in [5.41, 5.74) is 5.83. The topological polar surface area (TPSA) is 163 Å². The number of hydrogen-bond acceptors (Lipinski definition) is 6. The van der Waals surface area contributed by atoms with Crippen molar-refractivity contribution in [2.45, 2.75) is 32.8 Å². The zero-order valence-corrected chi connectivity index (χ0v) is 18.1. The minimum Gasteiger partial charge on any atom is -0.484 e. The van der Waals surface area contributed by atoms with Crippen LogP contribution in [0.1, 0.15) is 25.3 Å². The highest BCUT2D eigenvalue weighted by atomic mass is 16.5. The fourth-order valence-corrected chi connectivity index (χ4v) is 1.90. The highest BCUT2D eigenvalue weighted by molar-refractivity contribution is 5.82. The molecule has 1 aliphatic heterocycles. The lowest BCUT2D eigenvalue weighted by Crippen LogP contribution is -2.33. The summed E-state index contributed by atoms with van der Waals surface area (Å²) in [5.74, 6) is -0.956. The molecule has 0 radical (unpaired) electrons. The molecule has 0 bridgehead atoms. The molecule has 1 atom stereocenters. The van der Waals surface area contributed by atoms with Gasteiger partial charge >= 0.3 is 12.0 Å². The van der Waals surface area contributed by atoms with Crippen LogP contribution in [0.15, 0.2) is 24.3 Å². The van der Waals surface area contributed by atoms with Crippen molar-refractivity contribution in [1.82, 2.24) is 16.0 Å². The zero-order valence-electron chi connectivity index (χ0n) is 18.1. The number of urea groups is 1. The Kier molecular flexibility index (Phi) is 19.3. The predicted molar refractivity (Wildman–Crippen MR) is 119 cm³/mol. The average Bonchev–Trinajstić information content (AvgIpc) is 3.23. The first-order valence-corrected chi connectivity index (χ1v) is 9.68. The van der Waals surface area contributed by atoms with E-state index in [-0.39, 0.29) is 12.7 Å². The molecule has 1 aliphatic rings. The number of aliphatic carboxylic acids is 1. The highest BCUT2D eigenvalue weighted by Crippen LogP contribution is 2.10. The normalized spacial score (nSPS) is 13.5. The molecule has 1 fully saturated rings. The van der Waals surface area contributed by atoms with Gasteiger partial charge in [-0.25, -0.2) is 4.79 Å². The van der Waals surface area contributed by atoms with Gasteiger partial charge in [0.25, 0.3) is 5.91 Å². The van der Waals surface area contributed by atoms with Crippen LogP contribution in [0.25, 0.3) is 0 Å². The van der Waals surface area contributed by atoms with Crippen LogP contribution < -0.4 is 26.4 Å². The van der Waals surface area contributed by atoms with E-state index < -0.39 is 24.5 Å². The van der Waals surface area contributed by atoms with Gasteiger partial charge in [0.05, 0.1) is 6.10 Å². The van der Waals surface area contributed by atoms with Gasteiger partial charge in [0.1, 0.15) is 12.3 Å². The van der Waals surface area contributed by atoms with Crippen molar-refractivity contribution in [2.75, 3.05) is 32.8 Å². The summed E-state index contributed by atoms with van der Waals surface area (Å²) in [6.45, 7) is 5.79. The number of terminal acetylenes is 1. The lowest BCUT2D eigenvalue weighted by Gasteiger charge is -2.06. The van der Waals surface area contributed by atoms with E-state index >= 15 is 0 Å². The Labute approximate surface area is 183 Å². The van der Waals surface area contributed by atoms with Gasteiger partial charge in [-0.1, -0.05) is 24.6 Å². The number of aliphatic hydroxyl groups is 1. The van der Waals surface area contributed by atoms with Crippen molar-refractivity contribution in [3.8, 4) is 18.6 Å². The molecule has 0 saturated carbocycles. The Bertz CT molecular complexity index is 643. The highest BCUT2D eigenvalue weighted by Gasteiger charge is 2.08. The maximum Gasteiger partial charge on any atom is 0.322 e. The van der Waals surface area contributed by atoms with Gasteiger partial charge in [-0.15, -0.1) is 12.8 Å². The van der Waals surface area contributed by atoms with E-state index in [4.69, 9.17) is 20.7 Å². The van der Waals surface area contributed by atoms with E-state index in [1.54, 1.807) is 12.1 Å². The van der Waals surface area contributed by atoms with E-state index in [2.05, 4.69) is 28.8 Å². The second kappa shape index (κ2) is 20.0. The fourth-order valence-electron chi connectivity index (χ4n) is 1.90. The molecule has 1 heterocycles. The summed E-state index contributed by atoms with van der Waals surface area (Å²) < 4.78 is 5.15. The lowest BCUT2D eigenvalue weighted by molar-refractivity contribution is -0.138. The molecule has 3 amide bonds. The third-order valence-electron chi connectivity index (χ3n) is 3.41. The summed E-state index contributed by atoms with van der Waals surface area (Å²) in [4.78, 5) is 31.1. The molecule has 31 heavy (non-hydrogen) atoms.